The Kier molecular flexibility index (Phi) is 7.26. The van der Waals surface area contributed by atoms with Crippen molar-refractivity contribution < 1.29 is 20.0 Å². The average Bonchev–Trinajstić information content (AvgIpc) is 2.43. The van der Waals surface area contributed by atoms with Gasteiger partial charge >= 0.3 is 0 Å². The third-order valence-corrected chi connectivity index (χ3v) is 3.26. The van der Waals surface area contributed by atoms with Crippen LogP contribution in [0.15, 0.2) is 24.3 Å². The van der Waals surface area contributed by atoms with E-state index < -0.39 is 6.10 Å². The Bertz CT molecular complexity index is 403. The third-order valence-electron chi connectivity index (χ3n) is 3.26. The Morgan fingerprint density at radius 1 is 1.35 bits per heavy atom. The summed E-state index contributed by atoms with van der Waals surface area (Å²) in [4.78, 5) is 11.1. The van der Waals surface area contributed by atoms with Gasteiger partial charge in [0.1, 0.15) is 25.0 Å². The third kappa shape index (κ3) is 6.17. The second-order valence-corrected chi connectivity index (χ2v) is 5.28. The van der Waals surface area contributed by atoms with Gasteiger partial charge in [0.2, 0.25) is 0 Å². The van der Waals surface area contributed by atoms with Crippen LogP contribution in [0.25, 0.3) is 0 Å². The molecule has 1 rings (SSSR count). The summed E-state index contributed by atoms with van der Waals surface area (Å²) in [5.74, 6) is 0.715. The van der Waals surface area contributed by atoms with Crippen LogP contribution in [-0.2, 0) is 0 Å². The molecule has 0 saturated carbocycles. The number of Topliss-reactive ketones (excluding diaryl/α,β-unsaturated/α-hetero) is 1. The van der Waals surface area contributed by atoms with Crippen LogP contribution in [0, 0.1) is 0 Å². The van der Waals surface area contributed by atoms with Gasteiger partial charge in [0.15, 0.2) is 5.78 Å². The number of ketones is 1. The zero-order valence-corrected chi connectivity index (χ0v) is 12.6. The van der Waals surface area contributed by atoms with Crippen LogP contribution in [0.4, 0.5) is 0 Å². The summed E-state index contributed by atoms with van der Waals surface area (Å²) >= 11 is 0. The average molecular weight is 280 g/mol. The van der Waals surface area contributed by atoms with Gasteiger partial charge in [0.25, 0.3) is 0 Å². The number of nitrogens with two attached hydrogens (primary N) is 1. The molecule has 0 bridgehead atoms. The van der Waals surface area contributed by atoms with Gasteiger partial charge in [-0.2, -0.15) is 0 Å². The highest BCUT2D eigenvalue weighted by molar-refractivity contribution is 5.94. The van der Waals surface area contributed by atoms with E-state index in [2.05, 4.69) is 19.2 Å². The SMILES string of the molecule is CCC[C@@H](C)[NH2+]C[C@H](O)COc1ccc(C(C)=O)cc1. The monoisotopic (exact) mass is 280 g/mol. The standard InChI is InChI=1S/C16H25NO3/c1-4-5-12(2)17-10-15(19)11-20-16-8-6-14(7-9-16)13(3)18/h6-9,12,15,17,19H,4-5,10-11H2,1-3H3/p+1/t12-,15+/m1/s1. The molecular formula is C16H26NO3+. The zero-order valence-electron chi connectivity index (χ0n) is 12.6. The fraction of sp³-hybridized carbons (Fsp3) is 0.562. The van der Waals surface area contributed by atoms with Crippen LogP contribution in [0.5, 0.6) is 5.75 Å². The molecule has 4 nitrogen and oxygen atoms in total. The molecule has 1 aromatic rings. The molecule has 0 heterocycles. The largest absolute Gasteiger partial charge is 0.491 e. The number of hydrogen-bond donors (Lipinski definition) is 2. The van der Waals surface area contributed by atoms with Crippen molar-refractivity contribution in [1.29, 1.82) is 0 Å². The molecule has 0 saturated heterocycles. The lowest BCUT2D eigenvalue weighted by Gasteiger charge is -2.14. The van der Waals surface area contributed by atoms with Crippen LogP contribution in [0.1, 0.15) is 44.0 Å². The Morgan fingerprint density at radius 2 is 2.00 bits per heavy atom. The van der Waals surface area contributed by atoms with E-state index in [1.54, 1.807) is 24.3 Å². The zero-order chi connectivity index (χ0) is 15.0. The first-order chi connectivity index (χ1) is 9.52. The van der Waals surface area contributed by atoms with Gasteiger partial charge in [-0.25, -0.2) is 0 Å². The van der Waals surface area contributed by atoms with E-state index in [-0.39, 0.29) is 12.4 Å². The minimum absolute atomic E-state index is 0.0381. The molecule has 0 amide bonds. The quantitative estimate of drug-likeness (QED) is 0.672. The smallest absolute Gasteiger partial charge is 0.159 e. The normalized spacial score (nSPS) is 13.8. The fourth-order valence-corrected chi connectivity index (χ4v) is 2.01. The Morgan fingerprint density at radius 3 is 2.55 bits per heavy atom. The number of benzene rings is 1. The molecule has 2 atom stereocenters. The van der Waals surface area contributed by atoms with E-state index in [9.17, 15) is 9.90 Å². The summed E-state index contributed by atoms with van der Waals surface area (Å²) in [5.41, 5.74) is 0.666. The maximum absolute atomic E-state index is 11.1. The van der Waals surface area contributed by atoms with Crippen molar-refractivity contribution in [2.45, 2.75) is 45.8 Å². The van der Waals surface area contributed by atoms with Gasteiger partial charge in [0, 0.05) is 5.56 Å². The highest BCUT2D eigenvalue weighted by Gasteiger charge is 2.10. The maximum atomic E-state index is 11.1. The van der Waals surface area contributed by atoms with Gasteiger partial charge in [-0.15, -0.1) is 0 Å². The van der Waals surface area contributed by atoms with E-state index in [1.807, 2.05) is 0 Å². The van der Waals surface area contributed by atoms with Crippen molar-refractivity contribution in [3.63, 3.8) is 0 Å². The lowest BCUT2D eigenvalue weighted by molar-refractivity contribution is -0.692. The number of rotatable bonds is 9. The van der Waals surface area contributed by atoms with Crippen LogP contribution in [0.2, 0.25) is 0 Å². The molecule has 112 valence electrons. The number of ether oxygens (including phenoxy) is 1. The molecule has 0 unspecified atom stereocenters. The fourth-order valence-electron chi connectivity index (χ4n) is 2.01. The molecule has 0 aliphatic carbocycles. The highest BCUT2D eigenvalue weighted by atomic mass is 16.5. The number of hydrogen-bond acceptors (Lipinski definition) is 3. The predicted octanol–water partition coefficient (Wildman–Crippen LogP) is 1.38. The summed E-state index contributed by atoms with van der Waals surface area (Å²) < 4.78 is 5.51. The van der Waals surface area contributed by atoms with E-state index >= 15 is 0 Å². The van der Waals surface area contributed by atoms with Crippen molar-refractivity contribution in [3.05, 3.63) is 29.8 Å². The van der Waals surface area contributed by atoms with E-state index in [0.717, 1.165) is 12.8 Å². The molecule has 1 aromatic carbocycles. The van der Waals surface area contributed by atoms with Gasteiger partial charge in [-0.1, -0.05) is 13.3 Å². The van der Waals surface area contributed by atoms with E-state index in [4.69, 9.17) is 4.74 Å². The number of carbonyl (C=O) groups excluding carboxylic acids is 1. The first-order valence-corrected chi connectivity index (χ1v) is 7.28. The van der Waals surface area contributed by atoms with Crippen molar-refractivity contribution in [3.8, 4) is 5.75 Å². The number of quaternary nitrogens is 1. The molecule has 0 aliphatic rings. The molecule has 0 fully saturated rings. The summed E-state index contributed by atoms with van der Waals surface area (Å²) in [6.45, 7) is 6.78. The molecular weight excluding hydrogens is 254 g/mol. The topological polar surface area (TPSA) is 63.1 Å². The van der Waals surface area contributed by atoms with Crippen molar-refractivity contribution >= 4 is 5.78 Å². The molecule has 0 aromatic heterocycles. The Balaban J connectivity index is 2.30. The van der Waals surface area contributed by atoms with Crippen molar-refractivity contribution in [2.75, 3.05) is 13.2 Å². The first-order valence-electron chi connectivity index (χ1n) is 7.28. The molecule has 3 N–H and O–H groups in total. The summed E-state index contributed by atoms with van der Waals surface area (Å²) in [6.07, 6.45) is 1.83. The summed E-state index contributed by atoms with van der Waals surface area (Å²) in [7, 11) is 0. The maximum Gasteiger partial charge on any atom is 0.159 e. The van der Waals surface area contributed by atoms with Gasteiger partial charge in [0.05, 0.1) is 6.04 Å². The van der Waals surface area contributed by atoms with Crippen LogP contribution in [-0.4, -0.2) is 36.2 Å². The number of aliphatic hydroxyl groups is 1. The van der Waals surface area contributed by atoms with Crippen molar-refractivity contribution in [1.82, 2.24) is 0 Å². The minimum atomic E-state index is -0.484. The van der Waals surface area contributed by atoms with Crippen LogP contribution in [0.3, 0.4) is 0 Å². The molecule has 0 aliphatic heterocycles. The van der Waals surface area contributed by atoms with Gasteiger partial charge < -0.3 is 15.2 Å². The van der Waals surface area contributed by atoms with E-state index in [1.165, 1.54) is 6.92 Å². The highest BCUT2D eigenvalue weighted by Crippen LogP contribution is 2.12. The minimum Gasteiger partial charge on any atom is -0.491 e. The Labute approximate surface area is 121 Å². The molecule has 0 spiro atoms. The lowest BCUT2D eigenvalue weighted by atomic mass is 10.1. The van der Waals surface area contributed by atoms with E-state index in [0.29, 0.717) is 23.9 Å². The lowest BCUT2D eigenvalue weighted by Crippen LogP contribution is -2.91. The number of carbonyl (C=O) groups is 1. The van der Waals surface area contributed by atoms with Crippen LogP contribution < -0.4 is 10.1 Å². The summed E-state index contributed by atoms with van der Waals surface area (Å²) in [6, 6.07) is 7.52. The van der Waals surface area contributed by atoms with Gasteiger partial charge in [-0.05, 0) is 44.5 Å². The van der Waals surface area contributed by atoms with Crippen molar-refractivity contribution in [2.24, 2.45) is 0 Å². The van der Waals surface area contributed by atoms with Crippen LogP contribution >= 0.6 is 0 Å². The second-order valence-electron chi connectivity index (χ2n) is 5.28. The molecule has 4 heteroatoms. The Hall–Kier alpha value is -1.39. The molecule has 0 radical (unpaired) electrons. The first kappa shape index (κ1) is 16.7. The summed E-state index contributed by atoms with van der Waals surface area (Å²) in [5, 5.41) is 12.0. The second kappa shape index (κ2) is 8.72. The van der Waals surface area contributed by atoms with Gasteiger partial charge in [-0.3, -0.25) is 4.79 Å². The molecule has 20 heavy (non-hydrogen) atoms. The number of aliphatic hydroxyl groups excluding tert-OH is 1. The predicted molar refractivity (Wildman–Crippen MR) is 79.1 cm³/mol.